The summed E-state index contributed by atoms with van der Waals surface area (Å²) in [6.07, 6.45) is 8.56. The third kappa shape index (κ3) is 5.29. The van der Waals surface area contributed by atoms with Crippen molar-refractivity contribution in [2.75, 3.05) is 20.7 Å². The fraction of sp³-hybridized carbons (Fsp3) is 0.500. The maximum absolute atomic E-state index is 13.7. The predicted octanol–water partition coefficient (Wildman–Crippen LogP) is 6.10. The first-order chi connectivity index (χ1) is 15.4. The van der Waals surface area contributed by atoms with Crippen LogP contribution < -0.4 is 0 Å². The van der Waals surface area contributed by atoms with Gasteiger partial charge in [0.1, 0.15) is 0 Å². The number of hydrogen-bond donors (Lipinski definition) is 0. The number of unbranched alkanes of at least 4 members (excludes halogenated alkanes) is 1. The molecule has 1 fully saturated rings. The second-order valence-corrected chi connectivity index (χ2v) is 9.39. The Bertz CT molecular complexity index is 945. The number of carbonyl (C=O) groups excluding carboxylic acids is 2. The quantitative estimate of drug-likeness (QED) is 0.371. The highest BCUT2D eigenvalue weighted by atomic mass is 16.5. The Hall–Kier alpha value is -2.46. The van der Waals surface area contributed by atoms with Crippen LogP contribution in [0.3, 0.4) is 0 Å². The maximum Gasteiger partial charge on any atom is 0.338 e. The second-order valence-electron chi connectivity index (χ2n) is 9.39. The zero-order valence-corrected chi connectivity index (χ0v) is 20.2. The van der Waals surface area contributed by atoms with Gasteiger partial charge < -0.3 is 4.74 Å². The van der Waals surface area contributed by atoms with Gasteiger partial charge in [0.15, 0.2) is 0 Å². The van der Waals surface area contributed by atoms with E-state index in [9.17, 15) is 9.59 Å². The van der Waals surface area contributed by atoms with E-state index in [0.717, 1.165) is 54.5 Å². The molecule has 4 heteroatoms. The molecule has 1 unspecified atom stereocenters. The van der Waals surface area contributed by atoms with Crippen LogP contribution in [0.5, 0.6) is 0 Å². The molecular weight excluding hydrogens is 398 g/mol. The van der Waals surface area contributed by atoms with Crippen molar-refractivity contribution in [3.63, 3.8) is 0 Å². The van der Waals surface area contributed by atoms with Gasteiger partial charge in [-0.15, -0.1) is 0 Å². The molecule has 1 aliphatic rings. The molecule has 172 valence electrons. The molecule has 2 aromatic rings. The maximum atomic E-state index is 13.7. The number of likely N-dealkylation sites (N-methyl/N-ethyl adjacent to an activating group) is 1. The summed E-state index contributed by atoms with van der Waals surface area (Å²) in [4.78, 5) is 26.2. The average molecular weight is 437 g/mol. The van der Waals surface area contributed by atoms with E-state index in [0.29, 0.717) is 22.5 Å². The molecule has 1 amide bonds. The number of benzene rings is 2. The SMILES string of the molecule is CCCC[N+](C)(C(=O)Cc1ccc(C(=O)OC)c(-c2ccccc2C)c1)C1CCCCC1. The number of hydrogen-bond acceptors (Lipinski definition) is 3. The zero-order chi connectivity index (χ0) is 23.1. The van der Waals surface area contributed by atoms with E-state index < -0.39 is 0 Å². The van der Waals surface area contributed by atoms with Crippen LogP contribution >= 0.6 is 0 Å². The first kappa shape index (κ1) is 24.2. The topological polar surface area (TPSA) is 43.4 Å². The van der Waals surface area contributed by atoms with E-state index >= 15 is 0 Å². The number of amides is 1. The highest BCUT2D eigenvalue weighted by Gasteiger charge is 2.39. The molecule has 0 radical (unpaired) electrons. The first-order valence-electron chi connectivity index (χ1n) is 12.1. The van der Waals surface area contributed by atoms with Gasteiger partial charge in [-0.25, -0.2) is 9.59 Å². The minimum absolute atomic E-state index is 0.284. The summed E-state index contributed by atoms with van der Waals surface area (Å²) < 4.78 is 5.56. The van der Waals surface area contributed by atoms with Gasteiger partial charge in [-0.3, -0.25) is 4.48 Å². The number of carbonyl (C=O) groups is 2. The van der Waals surface area contributed by atoms with Crippen molar-refractivity contribution in [3.05, 3.63) is 59.2 Å². The first-order valence-corrected chi connectivity index (χ1v) is 12.1. The van der Waals surface area contributed by atoms with Crippen LogP contribution in [-0.4, -0.2) is 43.1 Å². The lowest BCUT2D eigenvalue weighted by atomic mass is 9.90. The fourth-order valence-corrected chi connectivity index (χ4v) is 5.09. The lowest BCUT2D eigenvalue weighted by molar-refractivity contribution is -0.862. The van der Waals surface area contributed by atoms with Crippen molar-refractivity contribution >= 4 is 11.9 Å². The van der Waals surface area contributed by atoms with E-state index in [4.69, 9.17) is 4.74 Å². The molecule has 0 bridgehead atoms. The molecule has 0 aromatic heterocycles. The fourth-order valence-electron chi connectivity index (χ4n) is 5.09. The number of esters is 1. The van der Waals surface area contributed by atoms with Gasteiger partial charge in [-0.05, 0) is 73.4 Å². The van der Waals surface area contributed by atoms with Crippen LogP contribution in [0.2, 0.25) is 0 Å². The summed E-state index contributed by atoms with van der Waals surface area (Å²) >= 11 is 0. The van der Waals surface area contributed by atoms with Gasteiger partial charge in [-0.1, -0.05) is 50.1 Å². The van der Waals surface area contributed by atoms with Crippen LogP contribution in [0.25, 0.3) is 11.1 Å². The monoisotopic (exact) mass is 436 g/mol. The van der Waals surface area contributed by atoms with E-state index in [1.807, 2.05) is 49.4 Å². The molecule has 1 atom stereocenters. The zero-order valence-electron chi connectivity index (χ0n) is 20.2. The van der Waals surface area contributed by atoms with Gasteiger partial charge in [-0.2, -0.15) is 0 Å². The van der Waals surface area contributed by atoms with Crippen LogP contribution in [0.15, 0.2) is 42.5 Å². The molecule has 32 heavy (non-hydrogen) atoms. The van der Waals surface area contributed by atoms with Gasteiger partial charge in [0.05, 0.1) is 38.7 Å². The molecule has 0 N–H and O–H groups in total. The summed E-state index contributed by atoms with van der Waals surface area (Å²) in [5.74, 6) is -0.0706. The molecular formula is C28H38NO3+. The van der Waals surface area contributed by atoms with Crippen LogP contribution in [-0.2, 0) is 16.0 Å². The molecule has 2 aromatic carbocycles. The van der Waals surface area contributed by atoms with Gasteiger partial charge in [0, 0.05) is 0 Å². The molecule has 1 saturated carbocycles. The normalized spacial score (nSPS) is 16.4. The third-order valence-electron chi connectivity index (χ3n) is 7.21. The van der Waals surface area contributed by atoms with Crippen LogP contribution in [0.1, 0.15) is 73.4 Å². The molecule has 3 rings (SSSR count). The van der Waals surface area contributed by atoms with Crippen molar-refractivity contribution in [2.24, 2.45) is 0 Å². The van der Waals surface area contributed by atoms with Gasteiger partial charge in [0.25, 0.3) is 0 Å². The number of ether oxygens (including phenoxy) is 1. The Morgan fingerprint density at radius 2 is 1.75 bits per heavy atom. The van der Waals surface area contributed by atoms with E-state index in [1.54, 1.807) is 0 Å². The Morgan fingerprint density at radius 3 is 2.41 bits per heavy atom. The number of aryl methyl sites for hydroxylation is 1. The minimum Gasteiger partial charge on any atom is -0.465 e. The number of quaternary nitrogens is 1. The molecule has 0 spiro atoms. The summed E-state index contributed by atoms with van der Waals surface area (Å²) in [6.45, 7) is 5.14. The highest BCUT2D eigenvalue weighted by Crippen LogP contribution is 2.31. The highest BCUT2D eigenvalue weighted by molar-refractivity contribution is 5.98. The summed E-state index contributed by atoms with van der Waals surface area (Å²) in [5, 5.41) is 0. The lowest BCUT2D eigenvalue weighted by Crippen LogP contribution is -2.58. The Morgan fingerprint density at radius 1 is 1.03 bits per heavy atom. The Labute approximate surface area is 193 Å². The Kier molecular flexibility index (Phi) is 8.25. The van der Waals surface area contributed by atoms with Crippen molar-refractivity contribution < 1.29 is 18.8 Å². The van der Waals surface area contributed by atoms with Gasteiger partial charge >= 0.3 is 11.9 Å². The van der Waals surface area contributed by atoms with E-state index in [2.05, 4.69) is 14.0 Å². The summed E-state index contributed by atoms with van der Waals surface area (Å²) in [7, 11) is 3.56. The molecule has 4 nitrogen and oxygen atoms in total. The molecule has 0 heterocycles. The second kappa shape index (κ2) is 10.9. The third-order valence-corrected chi connectivity index (χ3v) is 7.21. The van der Waals surface area contributed by atoms with Gasteiger partial charge in [0.2, 0.25) is 0 Å². The standard InChI is InChI=1S/C28H38NO3/c1-5-6-18-29(3,23-13-8-7-9-14-23)27(30)20-22-16-17-25(28(31)32-4)26(19-22)24-15-11-10-12-21(24)2/h10-12,15-17,19,23H,5-9,13-14,18,20H2,1-4H3/q+1. The summed E-state index contributed by atoms with van der Waals surface area (Å²) in [6, 6.07) is 14.2. The van der Waals surface area contributed by atoms with Crippen LogP contribution in [0, 0.1) is 6.92 Å². The minimum atomic E-state index is -0.355. The average Bonchev–Trinajstić information content (AvgIpc) is 2.82. The molecule has 0 aliphatic heterocycles. The van der Waals surface area contributed by atoms with Crippen molar-refractivity contribution in [1.82, 2.24) is 0 Å². The lowest BCUT2D eigenvalue weighted by Gasteiger charge is -2.41. The van der Waals surface area contributed by atoms with Crippen LogP contribution in [0.4, 0.5) is 0 Å². The summed E-state index contributed by atoms with van der Waals surface area (Å²) in [5.41, 5.74) is 4.41. The largest absolute Gasteiger partial charge is 0.465 e. The molecule has 1 aliphatic carbocycles. The van der Waals surface area contributed by atoms with Crippen molar-refractivity contribution in [2.45, 2.75) is 71.3 Å². The van der Waals surface area contributed by atoms with E-state index in [1.165, 1.54) is 26.4 Å². The molecule has 0 saturated heterocycles. The van der Waals surface area contributed by atoms with E-state index in [-0.39, 0.29) is 11.9 Å². The number of nitrogens with zero attached hydrogens (tertiary/aromatic N) is 1. The number of methoxy groups -OCH3 is 1. The Balaban J connectivity index is 1.94. The number of rotatable bonds is 8. The smallest absolute Gasteiger partial charge is 0.338 e. The van der Waals surface area contributed by atoms with Crippen molar-refractivity contribution in [3.8, 4) is 11.1 Å². The predicted molar refractivity (Wildman–Crippen MR) is 129 cm³/mol. The van der Waals surface area contributed by atoms with Crippen molar-refractivity contribution in [1.29, 1.82) is 0 Å².